The molecule has 38 heavy (non-hydrogen) atoms. The van der Waals surface area contributed by atoms with Crippen LogP contribution in [0.5, 0.6) is 11.6 Å². The third kappa shape index (κ3) is 4.97. The standard InChI is InChI=1S/C27H31ClN4O6/c1-31-10-6-4-3-5-7-17-14-27(17,25(34)35)30-23(33)21-13-19(15-32(21)26(31)36)38-24-20-9-8-18(37-2)11-16(20)12-22(28)29-24/h5,7-9,11-12,17,19,21H,3-4,6,10,13-15H2,1-2H3,(H,30,33)(H,34,35)/b7-5-. The minimum absolute atomic E-state index is 0.149. The molecule has 0 bridgehead atoms. The second-order valence-corrected chi connectivity index (χ2v) is 10.6. The number of benzene rings is 1. The Kier molecular flexibility index (Phi) is 7.09. The molecule has 1 saturated carbocycles. The highest BCUT2D eigenvalue weighted by molar-refractivity contribution is 6.30. The van der Waals surface area contributed by atoms with Crippen molar-refractivity contribution < 1.29 is 29.0 Å². The number of nitrogens with one attached hydrogen (secondary N) is 1. The summed E-state index contributed by atoms with van der Waals surface area (Å²) in [4.78, 5) is 46.5. The fourth-order valence-corrected chi connectivity index (χ4v) is 5.54. The minimum atomic E-state index is -1.35. The van der Waals surface area contributed by atoms with Gasteiger partial charge in [0.1, 0.15) is 28.6 Å². The predicted molar refractivity (Wildman–Crippen MR) is 140 cm³/mol. The molecular weight excluding hydrogens is 512 g/mol. The van der Waals surface area contributed by atoms with E-state index in [1.807, 2.05) is 24.3 Å². The molecule has 1 saturated heterocycles. The number of urea groups is 1. The normalized spacial score (nSPS) is 28.7. The largest absolute Gasteiger partial charge is 0.497 e. The molecule has 3 amide bonds. The van der Waals surface area contributed by atoms with Crippen LogP contribution in [-0.2, 0) is 9.59 Å². The second-order valence-electron chi connectivity index (χ2n) is 10.2. The van der Waals surface area contributed by atoms with Crippen LogP contribution in [0.25, 0.3) is 10.8 Å². The Morgan fingerprint density at radius 2 is 2.08 bits per heavy atom. The van der Waals surface area contributed by atoms with Gasteiger partial charge >= 0.3 is 12.0 Å². The summed E-state index contributed by atoms with van der Waals surface area (Å²) in [7, 11) is 3.29. The maximum Gasteiger partial charge on any atom is 0.330 e. The van der Waals surface area contributed by atoms with Crippen molar-refractivity contribution in [1.29, 1.82) is 0 Å². The lowest BCUT2D eigenvalue weighted by Gasteiger charge is -2.29. The summed E-state index contributed by atoms with van der Waals surface area (Å²) in [6.45, 7) is 0.699. The first-order chi connectivity index (χ1) is 18.2. The van der Waals surface area contributed by atoms with Gasteiger partial charge in [0.15, 0.2) is 0 Å². The van der Waals surface area contributed by atoms with E-state index in [-0.39, 0.29) is 30.1 Å². The number of amides is 3. The summed E-state index contributed by atoms with van der Waals surface area (Å²) >= 11 is 6.27. The van der Waals surface area contributed by atoms with E-state index >= 15 is 0 Å². The molecule has 4 atom stereocenters. The Morgan fingerprint density at radius 1 is 1.26 bits per heavy atom. The quantitative estimate of drug-likeness (QED) is 0.448. The zero-order chi connectivity index (χ0) is 27.0. The number of carboxylic acid groups (broad SMARTS) is 1. The fourth-order valence-electron chi connectivity index (χ4n) is 5.34. The van der Waals surface area contributed by atoms with E-state index < -0.39 is 29.6 Å². The number of aliphatic carboxylic acids is 1. The number of carbonyl (C=O) groups excluding carboxylic acids is 2. The molecule has 1 aliphatic carbocycles. The zero-order valence-corrected chi connectivity index (χ0v) is 22.1. The molecular formula is C27H31ClN4O6. The Bertz CT molecular complexity index is 1300. The summed E-state index contributed by atoms with van der Waals surface area (Å²) in [5, 5.41) is 14.4. The van der Waals surface area contributed by atoms with Crippen LogP contribution in [0, 0.1) is 5.92 Å². The van der Waals surface area contributed by atoms with Gasteiger partial charge in [-0.2, -0.15) is 0 Å². The van der Waals surface area contributed by atoms with Gasteiger partial charge in [-0.1, -0.05) is 23.8 Å². The SMILES string of the molecule is COc1ccc2c(OC3CC4C(=O)NC5(C(=O)O)CC5/C=C\CCCCN(C)C(=O)N4C3)nc(Cl)cc2c1. The van der Waals surface area contributed by atoms with E-state index in [1.165, 1.54) is 4.90 Å². The van der Waals surface area contributed by atoms with Gasteiger partial charge in [0.25, 0.3) is 0 Å². The first-order valence-electron chi connectivity index (χ1n) is 12.8. The van der Waals surface area contributed by atoms with Crippen LogP contribution in [0.4, 0.5) is 4.79 Å². The second kappa shape index (κ2) is 10.3. The molecule has 2 aliphatic heterocycles. The Morgan fingerprint density at radius 3 is 2.84 bits per heavy atom. The van der Waals surface area contributed by atoms with Crippen molar-refractivity contribution in [1.82, 2.24) is 20.1 Å². The highest BCUT2D eigenvalue weighted by Gasteiger charge is 2.61. The summed E-state index contributed by atoms with van der Waals surface area (Å²) in [6.07, 6.45) is 6.29. The van der Waals surface area contributed by atoms with Crippen LogP contribution in [-0.4, -0.2) is 82.7 Å². The lowest BCUT2D eigenvalue weighted by atomic mass is 10.1. The summed E-state index contributed by atoms with van der Waals surface area (Å²) in [5.74, 6) is -0.888. The van der Waals surface area contributed by atoms with Gasteiger partial charge in [0, 0.05) is 31.3 Å². The average molecular weight is 543 g/mol. The number of ether oxygens (including phenoxy) is 2. The monoisotopic (exact) mass is 542 g/mol. The van der Waals surface area contributed by atoms with Crippen LogP contribution in [0.3, 0.4) is 0 Å². The zero-order valence-electron chi connectivity index (χ0n) is 21.4. The number of fused-ring (bicyclic) bond motifs is 3. The molecule has 202 valence electrons. The number of hydrogen-bond donors (Lipinski definition) is 2. The molecule has 1 aromatic heterocycles. The Balaban J connectivity index is 1.43. The molecule has 3 aliphatic rings. The minimum Gasteiger partial charge on any atom is -0.497 e. The molecule has 0 radical (unpaired) electrons. The van der Waals surface area contributed by atoms with Crippen LogP contribution in [0.15, 0.2) is 36.4 Å². The third-order valence-electron chi connectivity index (χ3n) is 7.61. The molecule has 0 spiro atoms. The Labute approximate surface area is 225 Å². The van der Waals surface area contributed by atoms with Crippen molar-refractivity contribution in [2.24, 2.45) is 5.92 Å². The smallest absolute Gasteiger partial charge is 0.330 e. The molecule has 3 heterocycles. The van der Waals surface area contributed by atoms with Gasteiger partial charge in [-0.3, -0.25) is 4.79 Å². The van der Waals surface area contributed by atoms with Crippen LogP contribution < -0.4 is 14.8 Å². The van der Waals surface area contributed by atoms with Gasteiger partial charge < -0.3 is 29.7 Å². The first-order valence-corrected chi connectivity index (χ1v) is 13.1. The molecule has 1 aromatic carbocycles. The summed E-state index contributed by atoms with van der Waals surface area (Å²) in [5.41, 5.74) is -1.35. The summed E-state index contributed by atoms with van der Waals surface area (Å²) in [6, 6.07) is 5.96. The maximum absolute atomic E-state index is 13.5. The van der Waals surface area contributed by atoms with Gasteiger partial charge in [-0.25, -0.2) is 14.6 Å². The molecule has 2 aromatic rings. The number of carboxylic acids is 1. The van der Waals surface area contributed by atoms with E-state index in [0.29, 0.717) is 30.0 Å². The Hall–Kier alpha value is -3.53. The highest BCUT2D eigenvalue weighted by atomic mass is 35.5. The topological polar surface area (TPSA) is 121 Å². The molecule has 5 rings (SSSR count). The highest BCUT2D eigenvalue weighted by Crippen LogP contribution is 2.45. The lowest BCUT2D eigenvalue weighted by Crippen LogP contribution is -2.54. The summed E-state index contributed by atoms with van der Waals surface area (Å²) < 4.78 is 11.6. The van der Waals surface area contributed by atoms with Gasteiger partial charge in [-0.15, -0.1) is 0 Å². The van der Waals surface area contributed by atoms with Crippen LogP contribution >= 0.6 is 11.6 Å². The van der Waals surface area contributed by atoms with Crippen molar-refractivity contribution in [3.8, 4) is 11.6 Å². The van der Waals surface area contributed by atoms with E-state index in [9.17, 15) is 19.5 Å². The number of carbonyl (C=O) groups is 3. The van der Waals surface area contributed by atoms with Crippen molar-refractivity contribution in [2.75, 3.05) is 27.2 Å². The van der Waals surface area contributed by atoms with Crippen molar-refractivity contribution in [3.05, 3.63) is 41.6 Å². The molecule has 2 N–H and O–H groups in total. The number of aromatic nitrogens is 1. The fraction of sp³-hybridized carbons (Fsp3) is 0.481. The van der Waals surface area contributed by atoms with Gasteiger partial charge in [0.2, 0.25) is 11.8 Å². The maximum atomic E-state index is 13.5. The number of hydrogen-bond acceptors (Lipinski definition) is 6. The number of allylic oxidation sites excluding steroid dienone is 1. The van der Waals surface area contributed by atoms with Crippen LogP contribution in [0.2, 0.25) is 5.15 Å². The van der Waals surface area contributed by atoms with E-state index in [4.69, 9.17) is 21.1 Å². The van der Waals surface area contributed by atoms with Crippen molar-refractivity contribution in [2.45, 2.75) is 49.8 Å². The number of halogens is 1. The van der Waals surface area contributed by atoms with E-state index in [0.717, 1.165) is 24.6 Å². The van der Waals surface area contributed by atoms with Gasteiger partial charge in [-0.05, 0) is 55.3 Å². The van der Waals surface area contributed by atoms with Crippen LogP contribution in [0.1, 0.15) is 32.1 Å². The van der Waals surface area contributed by atoms with Crippen molar-refractivity contribution >= 4 is 40.3 Å². The average Bonchev–Trinajstić information content (AvgIpc) is 3.42. The number of nitrogens with zero attached hydrogens (tertiary/aromatic N) is 3. The lowest BCUT2D eigenvalue weighted by molar-refractivity contribution is -0.144. The van der Waals surface area contributed by atoms with E-state index in [2.05, 4.69) is 10.3 Å². The van der Waals surface area contributed by atoms with Gasteiger partial charge in [0.05, 0.1) is 13.7 Å². The van der Waals surface area contributed by atoms with E-state index in [1.54, 1.807) is 31.2 Å². The molecule has 10 nitrogen and oxygen atoms in total. The number of pyridine rings is 1. The predicted octanol–water partition coefficient (Wildman–Crippen LogP) is 3.47. The third-order valence-corrected chi connectivity index (χ3v) is 7.81. The first kappa shape index (κ1) is 26.1. The van der Waals surface area contributed by atoms with Crippen molar-refractivity contribution in [3.63, 3.8) is 0 Å². The molecule has 11 heteroatoms. The molecule has 2 fully saturated rings. The number of methoxy groups -OCH3 is 1. The molecule has 4 unspecified atom stereocenters. The number of rotatable bonds is 4.